The molecule has 1 atom stereocenters. The fourth-order valence-corrected chi connectivity index (χ4v) is 3.43. The molecule has 10 heteroatoms. The highest BCUT2D eigenvalue weighted by Crippen LogP contribution is 2.20. The smallest absolute Gasteiger partial charge is 0.244 e. The molecular formula is C10H14N6O2S2. The zero-order chi connectivity index (χ0) is 14.8. The molecular weight excluding hydrogens is 300 g/mol. The Kier molecular flexibility index (Phi) is 4.28. The van der Waals surface area contributed by atoms with Gasteiger partial charge in [-0.25, -0.2) is 33.9 Å². The van der Waals surface area contributed by atoms with Crippen LogP contribution in [0.5, 0.6) is 0 Å². The van der Waals surface area contributed by atoms with E-state index in [1.54, 1.807) is 6.92 Å². The number of nitrogen functional groups attached to an aromatic ring is 1. The van der Waals surface area contributed by atoms with Crippen LogP contribution in [-0.2, 0) is 10.0 Å². The second-order valence-electron chi connectivity index (χ2n) is 4.06. The largest absolute Gasteiger partial charge is 0.292 e. The van der Waals surface area contributed by atoms with Crippen molar-refractivity contribution >= 4 is 27.3 Å². The van der Waals surface area contributed by atoms with Crippen molar-refractivity contribution in [2.24, 2.45) is 5.84 Å². The number of nitrogens with one attached hydrogen (secondary N) is 2. The fraction of sp³-hybridized carbons (Fsp3) is 0.300. The summed E-state index contributed by atoms with van der Waals surface area (Å²) in [6.45, 7) is 3.58. The average Bonchev–Trinajstić information content (AvgIpc) is 2.85. The van der Waals surface area contributed by atoms with Gasteiger partial charge in [0.25, 0.3) is 0 Å². The molecule has 0 aliphatic carbocycles. The Labute approximate surface area is 120 Å². The van der Waals surface area contributed by atoms with Crippen molar-refractivity contribution in [3.05, 3.63) is 28.5 Å². The van der Waals surface area contributed by atoms with Crippen LogP contribution in [0, 0.1) is 6.92 Å². The van der Waals surface area contributed by atoms with Crippen LogP contribution in [0.15, 0.2) is 22.7 Å². The molecule has 2 aromatic rings. The van der Waals surface area contributed by atoms with Gasteiger partial charge in [0.15, 0.2) is 0 Å². The van der Waals surface area contributed by atoms with Crippen molar-refractivity contribution in [3.63, 3.8) is 0 Å². The van der Waals surface area contributed by atoms with Crippen molar-refractivity contribution < 1.29 is 8.42 Å². The molecule has 0 amide bonds. The summed E-state index contributed by atoms with van der Waals surface area (Å²) in [5, 5.41) is 2.57. The Morgan fingerprint density at radius 1 is 1.35 bits per heavy atom. The Balaban J connectivity index is 2.17. The normalized spacial score (nSPS) is 13.2. The number of hydrazine groups is 1. The topological polar surface area (TPSA) is 123 Å². The lowest BCUT2D eigenvalue weighted by Gasteiger charge is -2.11. The van der Waals surface area contributed by atoms with Crippen LogP contribution >= 0.6 is 11.3 Å². The molecule has 0 saturated carbocycles. The van der Waals surface area contributed by atoms with Crippen molar-refractivity contribution in [1.29, 1.82) is 0 Å². The lowest BCUT2D eigenvalue weighted by molar-refractivity contribution is 0.565. The minimum Gasteiger partial charge on any atom is -0.292 e. The quantitative estimate of drug-likeness (QED) is 0.544. The monoisotopic (exact) mass is 314 g/mol. The number of nitrogens with zero attached hydrogens (tertiary/aromatic N) is 3. The van der Waals surface area contributed by atoms with E-state index in [0.29, 0.717) is 5.01 Å². The zero-order valence-electron chi connectivity index (χ0n) is 10.9. The van der Waals surface area contributed by atoms with Gasteiger partial charge in [0.2, 0.25) is 16.0 Å². The molecule has 0 aliphatic heterocycles. The van der Waals surface area contributed by atoms with Gasteiger partial charge < -0.3 is 0 Å². The molecule has 2 aromatic heterocycles. The number of thiazole rings is 1. The molecule has 0 radical (unpaired) electrons. The Morgan fingerprint density at radius 2 is 2.00 bits per heavy atom. The highest BCUT2D eigenvalue weighted by atomic mass is 32.2. The van der Waals surface area contributed by atoms with Gasteiger partial charge in [0, 0.05) is 11.1 Å². The average molecular weight is 314 g/mol. The summed E-state index contributed by atoms with van der Waals surface area (Å²) in [6.07, 6.45) is 2.37. The lowest BCUT2D eigenvalue weighted by atomic mass is 10.4. The predicted molar refractivity (Wildman–Crippen MR) is 75.4 cm³/mol. The summed E-state index contributed by atoms with van der Waals surface area (Å²) in [5.41, 5.74) is 3.09. The molecule has 0 saturated heterocycles. The summed E-state index contributed by atoms with van der Waals surface area (Å²) in [6, 6.07) is -0.425. The third-order valence-corrected chi connectivity index (χ3v) is 5.05. The van der Waals surface area contributed by atoms with Crippen LogP contribution in [0.4, 0.5) is 5.95 Å². The summed E-state index contributed by atoms with van der Waals surface area (Å²) in [4.78, 5) is 11.8. The molecule has 20 heavy (non-hydrogen) atoms. The van der Waals surface area contributed by atoms with Crippen LogP contribution in [0.3, 0.4) is 0 Å². The standard InChI is InChI=1S/C10H14N6O2S2/c1-6-5-19-9(14-6)7(2)16-20(17,18)8-3-12-10(15-11)13-4-8/h3-5,7,16H,11H2,1-2H3,(H,12,13,15). The van der Waals surface area contributed by atoms with Crippen molar-refractivity contribution in [2.45, 2.75) is 24.8 Å². The maximum Gasteiger partial charge on any atom is 0.244 e. The maximum atomic E-state index is 12.2. The molecule has 4 N–H and O–H groups in total. The lowest BCUT2D eigenvalue weighted by Crippen LogP contribution is -2.27. The van der Waals surface area contributed by atoms with Gasteiger partial charge in [-0.2, -0.15) is 0 Å². The Morgan fingerprint density at radius 3 is 2.50 bits per heavy atom. The van der Waals surface area contributed by atoms with Crippen LogP contribution in [0.1, 0.15) is 23.7 Å². The molecule has 108 valence electrons. The molecule has 0 aromatic carbocycles. The second kappa shape index (κ2) is 5.79. The molecule has 0 bridgehead atoms. The summed E-state index contributed by atoms with van der Waals surface area (Å²) in [5.74, 6) is 5.27. The minimum absolute atomic E-state index is 0.0309. The zero-order valence-corrected chi connectivity index (χ0v) is 12.5. The van der Waals surface area contributed by atoms with E-state index in [0.717, 1.165) is 5.69 Å². The van der Waals surface area contributed by atoms with Crippen LogP contribution in [-0.4, -0.2) is 23.4 Å². The van der Waals surface area contributed by atoms with Crippen LogP contribution < -0.4 is 16.0 Å². The molecule has 2 rings (SSSR count). The summed E-state index contributed by atoms with van der Waals surface area (Å²) in [7, 11) is -3.70. The molecule has 1 unspecified atom stereocenters. The third-order valence-electron chi connectivity index (χ3n) is 2.41. The fourth-order valence-electron chi connectivity index (χ4n) is 1.45. The summed E-state index contributed by atoms with van der Waals surface area (Å²) >= 11 is 1.40. The maximum absolute atomic E-state index is 12.2. The molecule has 0 aliphatic rings. The minimum atomic E-state index is -3.70. The van der Waals surface area contributed by atoms with E-state index in [9.17, 15) is 8.42 Å². The van der Waals surface area contributed by atoms with E-state index in [1.165, 1.54) is 23.7 Å². The summed E-state index contributed by atoms with van der Waals surface area (Å²) < 4.78 is 26.8. The second-order valence-corrected chi connectivity index (χ2v) is 6.66. The highest BCUT2D eigenvalue weighted by molar-refractivity contribution is 7.89. The van der Waals surface area contributed by atoms with E-state index in [1.807, 2.05) is 12.3 Å². The number of nitrogens with two attached hydrogens (primary N) is 1. The van der Waals surface area contributed by atoms with E-state index in [2.05, 4.69) is 25.1 Å². The van der Waals surface area contributed by atoms with Crippen molar-refractivity contribution in [1.82, 2.24) is 19.7 Å². The first kappa shape index (κ1) is 14.8. The van der Waals surface area contributed by atoms with E-state index in [4.69, 9.17) is 5.84 Å². The van der Waals surface area contributed by atoms with Gasteiger partial charge in [-0.15, -0.1) is 11.3 Å². The van der Waals surface area contributed by atoms with Gasteiger partial charge in [0.05, 0.1) is 18.4 Å². The number of aromatic nitrogens is 3. The van der Waals surface area contributed by atoms with Crippen molar-refractivity contribution in [2.75, 3.05) is 5.43 Å². The Bertz CT molecular complexity index is 682. The number of aryl methyl sites for hydroxylation is 1. The number of hydrogen-bond acceptors (Lipinski definition) is 8. The highest BCUT2D eigenvalue weighted by Gasteiger charge is 2.20. The third kappa shape index (κ3) is 3.28. The van der Waals surface area contributed by atoms with E-state index in [-0.39, 0.29) is 10.8 Å². The number of rotatable bonds is 5. The van der Waals surface area contributed by atoms with Crippen molar-refractivity contribution in [3.8, 4) is 0 Å². The van der Waals surface area contributed by atoms with E-state index < -0.39 is 16.1 Å². The van der Waals surface area contributed by atoms with E-state index >= 15 is 0 Å². The number of hydrogen-bond donors (Lipinski definition) is 3. The molecule has 2 heterocycles. The predicted octanol–water partition coefficient (Wildman–Crippen LogP) is 0.567. The van der Waals surface area contributed by atoms with Crippen LogP contribution in [0.25, 0.3) is 0 Å². The van der Waals surface area contributed by atoms with Gasteiger partial charge in [-0.1, -0.05) is 0 Å². The number of anilines is 1. The molecule has 0 spiro atoms. The SMILES string of the molecule is Cc1csc(C(C)NS(=O)(=O)c2cnc(NN)nc2)n1. The van der Waals surface area contributed by atoms with Gasteiger partial charge in [0.1, 0.15) is 9.90 Å². The Hall–Kier alpha value is -1.62. The number of sulfonamides is 1. The first-order chi connectivity index (χ1) is 9.42. The van der Waals surface area contributed by atoms with Gasteiger partial charge >= 0.3 is 0 Å². The molecule has 0 fully saturated rings. The van der Waals surface area contributed by atoms with Gasteiger partial charge in [-0.05, 0) is 13.8 Å². The van der Waals surface area contributed by atoms with Crippen LogP contribution in [0.2, 0.25) is 0 Å². The first-order valence-corrected chi connectivity index (χ1v) is 8.01. The van der Waals surface area contributed by atoms with Gasteiger partial charge in [-0.3, -0.25) is 5.43 Å². The molecule has 8 nitrogen and oxygen atoms in total. The first-order valence-electron chi connectivity index (χ1n) is 5.65.